The van der Waals surface area contributed by atoms with Gasteiger partial charge in [0.05, 0.1) is 0 Å². The lowest BCUT2D eigenvalue weighted by atomic mass is 9.87. The van der Waals surface area contributed by atoms with Crippen LogP contribution in [0.1, 0.15) is 0 Å². The Balaban J connectivity index is 1.24. The average molecular weight is 655 g/mol. The van der Waals surface area contributed by atoms with Crippen LogP contribution in [-0.4, -0.2) is 0 Å². The molecule has 0 saturated carbocycles. The average Bonchev–Trinajstić information content (AvgIpc) is 3.20. The largest absolute Gasteiger partial charge is 0.309 e. The molecule has 0 N–H and O–H groups in total. The van der Waals surface area contributed by atoms with Gasteiger partial charge in [-0.2, -0.15) is 0 Å². The van der Waals surface area contributed by atoms with Crippen molar-refractivity contribution >= 4 is 87.7 Å². The van der Waals surface area contributed by atoms with Gasteiger partial charge < -0.3 is 4.57 Å². The molecule has 10 aromatic carbocycles. The molecule has 0 atom stereocenters. The van der Waals surface area contributed by atoms with E-state index >= 15 is 4.57 Å². The second kappa shape index (κ2) is 11.3. The number of hydrogen-bond donors (Lipinski definition) is 0. The fourth-order valence-electron chi connectivity index (χ4n) is 8.23. The quantitative estimate of drug-likeness (QED) is 0.136. The minimum atomic E-state index is -3.33. The summed E-state index contributed by atoms with van der Waals surface area (Å²) in [4.78, 5) is 0. The Labute approximate surface area is 290 Å². The van der Waals surface area contributed by atoms with Crippen molar-refractivity contribution in [2.24, 2.45) is 0 Å². The summed E-state index contributed by atoms with van der Waals surface area (Å²) in [5.74, 6) is 0. The van der Waals surface area contributed by atoms with E-state index in [0.717, 1.165) is 43.0 Å². The van der Waals surface area contributed by atoms with E-state index in [9.17, 15) is 0 Å². The molecule has 0 radical (unpaired) electrons. The number of hydrogen-bond acceptors (Lipinski definition) is 1. The van der Waals surface area contributed by atoms with Crippen molar-refractivity contribution in [3.63, 3.8) is 0 Å². The highest BCUT2D eigenvalue weighted by Gasteiger charge is 2.33. The molecule has 10 aromatic rings. The van der Waals surface area contributed by atoms with Crippen LogP contribution in [0, 0.1) is 0 Å². The Morgan fingerprint density at radius 1 is 0.320 bits per heavy atom. The molecule has 0 aliphatic rings. The Morgan fingerprint density at radius 3 is 1.28 bits per heavy atom. The zero-order valence-corrected chi connectivity index (χ0v) is 28.1. The van der Waals surface area contributed by atoms with Crippen LogP contribution in [0.5, 0.6) is 0 Å². The molecule has 234 valence electrons. The number of benzene rings is 10. The van der Waals surface area contributed by atoms with E-state index in [-0.39, 0.29) is 0 Å². The van der Waals surface area contributed by atoms with Crippen LogP contribution in [0.3, 0.4) is 0 Å². The van der Waals surface area contributed by atoms with Crippen LogP contribution in [0.4, 0.5) is 0 Å². The fraction of sp³-hybridized carbons (Fsp3) is 0. The van der Waals surface area contributed by atoms with Gasteiger partial charge in [-0.1, -0.05) is 182 Å². The highest BCUT2D eigenvalue weighted by Crippen LogP contribution is 2.47. The Bertz CT molecular complexity index is 2920. The van der Waals surface area contributed by atoms with Gasteiger partial charge >= 0.3 is 0 Å². The molecule has 1 nitrogen and oxygen atoms in total. The minimum Gasteiger partial charge on any atom is -0.309 e. The van der Waals surface area contributed by atoms with E-state index < -0.39 is 7.14 Å². The van der Waals surface area contributed by atoms with E-state index in [4.69, 9.17) is 0 Å². The van der Waals surface area contributed by atoms with Crippen LogP contribution in [0.2, 0.25) is 0 Å². The van der Waals surface area contributed by atoms with Gasteiger partial charge in [0.1, 0.15) is 0 Å². The molecule has 10 rings (SSSR count). The van der Waals surface area contributed by atoms with E-state index in [1.165, 1.54) is 48.7 Å². The van der Waals surface area contributed by atoms with Gasteiger partial charge in [0.15, 0.2) is 7.14 Å². The molecule has 0 saturated heterocycles. The van der Waals surface area contributed by atoms with Gasteiger partial charge in [-0.05, 0) is 81.8 Å². The van der Waals surface area contributed by atoms with Gasteiger partial charge in [0.25, 0.3) is 0 Å². The van der Waals surface area contributed by atoms with Crippen LogP contribution in [-0.2, 0) is 4.57 Å². The molecule has 0 amide bonds. The van der Waals surface area contributed by atoms with Crippen molar-refractivity contribution in [2.45, 2.75) is 0 Å². The van der Waals surface area contributed by atoms with Gasteiger partial charge in [0.2, 0.25) is 0 Å². The Kier molecular flexibility index (Phi) is 6.53. The van der Waals surface area contributed by atoms with Crippen molar-refractivity contribution in [2.75, 3.05) is 0 Å². The highest BCUT2D eigenvalue weighted by atomic mass is 31.2. The highest BCUT2D eigenvalue weighted by molar-refractivity contribution is 7.86. The molecule has 0 bridgehead atoms. The minimum absolute atomic E-state index is 0.829. The van der Waals surface area contributed by atoms with E-state index in [2.05, 4.69) is 152 Å². The third-order valence-corrected chi connectivity index (χ3v) is 13.7. The van der Waals surface area contributed by atoms with Crippen molar-refractivity contribution < 1.29 is 4.57 Å². The molecule has 0 aliphatic carbocycles. The zero-order chi connectivity index (χ0) is 33.2. The summed E-state index contributed by atoms with van der Waals surface area (Å²) in [7, 11) is -3.33. The topological polar surface area (TPSA) is 17.1 Å². The maximum atomic E-state index is 16.2. The first-order chi connectivity index (χ1) is 24.7. The lowest BCUT2D eigenvalue weighted by Gasteiger charge is -2.23. The monoisotopic (exact) mass is 654 g/mol. The molecule has 0 aromatic heterocycles. The molecule has 50 heavy (non-hydrogen) atoms. The summed E-state index contributed by atoms with van der Waals surface area (Å²) in [6.45, 7) is 0. The smallest absolute Gasteiger partial charge is 0.172 e. The summed E-state index contributed by atoms with van der Waals surface area (Å²) in [6, 6.07) is 66.2. The van der Waals surface area contributed by atoms with Crippen molar-refractivity contribution in [1.82, 2.24) is 0 Å². The third kappa shape index (κ3) is 4.24. The maximum Gasteiger partial charge on any atom is 0.172 e. The summed E-state index contributed by atoms with van der Waals surface area (Å²) in [5, 5.41) is 16.8. The van der Waals surface area contributed by atoms with E-state index in [1.54, 1.807) is 0 Å². The second-order valence-corrected chi connectivity index (χ2v) is 15.8. The first kappa shape index (κ1) is 29.0. The Hall–Kier alpha value is -6.01. The van der Waals surface area contributed by atoms with Crippen molar-refractivity contribution in [1.29, 1.82) is 0 Å². The summed E-state index contributed by atoms with van der Waals surface area (Å²) < 4.78 is 16.2. The summed E-state index contributed by atoms with van der Waals surface area (Å²) in [6.07, 6.45) is 0. The van der Waals surface area contributed by atoms with Crippen LogP contribution in [0.25, 0.3) is 75.8 Å². The maximum absolute atomic E-state index is 16.2. The lowest BCUT2D eigenvalue weighted by Crippen LogP contribution is -2.26. The molecule has 0 spiro atoms. The van der Waals surface area contributed by atoms with Crippen LogP contribution in [0.15, 0.2) is 188 Å². The summed E-state index contributed by atoms with van der Waals surface area (Å²) in [5.41, 5.74) is 2.27. The van der Waals surface area contributed by atoms with Gasteiger partial charge in [-0.3, -0.25) is 0 Å². The lowest BCUT2D eigenvalue weighted by molar-refractivity contribution is 0.593. The molecule has 2 heteroatoms. The number of fused-ring (bicyclic) bond motifs is 10. The van der Waals surface area contributed by atoms with Gasteiger partial charge in [-0.25, -0.2) is 0 Å². The second-order valence-electron chi connectivity index (χ2n) is 13.1. The first-order valence-corrected chi connectivity index (χ1v) is 18.8. The molecule has 0 fully saturated rings. The third-order valence-electron chi connectivity index (χ3n) is 10.5. The van der Waals surface area contributed by atoms with Gasteiger partial charge in [0, 0.05) is 15.9 Å². The molecule has 0 heterocycles. The van der Waals surface area contributed by atoms with Crippen LogP contribution >= 0.6 is 7.14 Å². The fourth-order valence-corrected chi connectivity index (χ4v) is 11.3. The predicted octanol–water partition coefficient (Wildman–Crippen LogP) is 11.9. The molecular formula is C48H31OP. The first-order valence-electron chi connectivity index (χ1n) is 17.1. The van der Waals surface area contributed by atoms with Crippen LogP contribution < -0.4 is 15.9 Å². The SMILES string of the molecule is O=P(c1ccc(-c2cc3c4ccccc4c4ccccc4c3c3ccccc23)cc1)(c1cccc2ccccc12)c1cccc2ccccc12. The number of rotatable bonds is 4. The molecular weight excluding hydrogens is 624 g/mol. The summed E-state index contributed by atoms with van der Waals surface area (Å²) >= 11 is 0. The van der Waals surface area contributed by atoms with Crippen molar-refractivity contribution in [3.05, 3.63) is 188 Å². The standard InChI is InChI=1S/C48H31OP/c49-50(46-25-11-15-32-13-1-3-17-36(32)46,47-26-12-16-33-14-2-4-18-37(33)47)35-29-27-34(28-30-35)44-31-45-40-21-6-5-19-38(40)39-20-7-9-23-42(39)48(45)43-24-10-8-22-41(43)44/h1-31H. The zero-order valence-electron chi connectivity index (χ0n) is 27.3. The van der Waals surface area contributed by atoms with Gasteiger partial charge in [-0.15, -0.1) is 0 Å². The van der Waals surface area contributed by atoms with E-state index in [1.807, 2.05) is 36.4 Å². The molecule has 0 unspecified atom stereocenters. The predicted molar refractivity (Wildman–Crippen MR) is 216 cm³/mol. The Morgan fingerprint density at radius 2 is 0.720 bits per heavy atom. The normalized spacial score (nSPS) is 12.1. The molecule has 0 aliphatic heterocycles. The van der Waals surface area contributed by atoms with Crippen molar-refractivity contribution in [3.8, 4) is 11.1 Å². The van der Waals surface area contributed by atoms with E-state index in [0.29, 0.717) is 0 Å².